The average molecular weight is 111 g/mol. The highest BCUT2D eigenvalue weighted by Crippen LogP contribution is 1.59. The fourth-order valence-electron chi connectivity index (χ4n) is 0. The molecule has 38 valence electrons. The summed E-state index contributed by atoms with van der Waals surface area (Å²) in [4.78, 5) is 0. The first-order chi connectivity index (χ1) is 2.83. The molecule has 0 amide bonds. The minimum atomic E-state index is 0.250. The Balaban J connectivity index is 0. The van der Waals surface area contributed by atoms with Gasteiger partial charge in [-0.2, -0.15) is 0 Å². The van der Waals surface area contributed by atoms with E-state index in [0.29, 0.717) is 0 Å². The van der Waals surface area contributed by atoms with Gasteiger partial charge in [0.25, 0.3) is 0 Å². The van der Waals surface area contributed by atoms with Gasteiger partial charge in [-0.1, -0.05) is 13.5 Å². The Hall–Kier alpha value is -0.0400. The van der Waals surface area contributed by atoms with Crippen molar-refractivity contribution in [3.63, 3.8) is 0 Å². The molecule has 0 bridgehead atoms. The fourth-order valence-corrected chi connectivity index (χ4v) is 0. The number of halogens is 2. The van der Waals surface area contributed by atoms with Gasteiger partial charge in [-0.05, 0) is 0 Å². The molecule has 0 heterocycles. The predicted octanol–water partition coefficient (Wildman–Crippen LogP) is 2.34. The third-order valence-corrected chi connectivity index (χ3v) is 0. The summed E-state index contributed by atoms with van der Waals surface area (Å²) in [5.74, 6) is 0.722. The minimum Gasteiger partial charge on any atom is -0.216 e. The first-order valence-electron chi connectivity index (χ1n) is 1.60. The molecule has 0 N–H and O–H groups in total. The van der Waals surface area contributed by atoms with E-state index in [0.717, 1.165) is 5.88 Å². The zero-order valence-electron chi connectivity index (χ0n) is 3.75. The molecular weight excluding hydrogens is 102 g/mol. The van der Waals surface area contributed by atoms with Gasteiger partial charge in [-0.3, -0.25) is 0 Å². The highest BCUT2D eigenvalue weighted by molar-refractivity contribution is 6.17. The van der Waals surface area contributed by atoms with E-state index in [4.69, 9.17) is 11.6 Å². The highest BCUT2D eigenvalue weighted by Gasteiger charge is 1.38. The highest BCUT2D eigenvalue weighted by atomic mass is 35.5. The van der Waals surface area contributed by atoms with Crippen LogP contribution in [-0.2, 0) is 0 Å². The monoisotopic (exact) mass is 110 g/mol. The summed E-state index contributed by atoms with van der Waals surface area (Å²) in [6.45, 7) is 4.58. The van der Waals surface area contributed by atoms with Crippen LogP contribution in [-0.4, -0.2) is 5.88 Å². The molecule has 0 radical (unpaired) electrons. The Morgan fingerprint density at radius 3 is 2.00 bits per heavy atom. The maximum absolute atomic E-state index is 10.1. The smallest absolute Gasteiger partial charge is 0.0795 e. The van der Waals surface area contributed by atoms with Crippen LogP contribution in [0.2, 0.25) is 0 Å². The molecule has 0 unspecified atom stereocenters. The molecule has 0 atom stereocenters. The summed E-state index contributed by atoms with van der Waals surface area (Å²) >= 11 is 5.00. The van der Waals surface area contributed by atoms with Crippen molar-refractivity contribution in [3.8, 4) is 0 Å². The molecule has 0 nitrogen and oxygen atoms in total. The summed E-state index contributed by atoms with van der Waals surface area (Å²) in [5.41, 5.74) is 0. The van der Waals surface area contributed by atoms with Gasteiger partial charge in [0.15, 0.2) is 0 Å². The van der Waals surface area contributed by atoms with Gasteiger partial charge in [-0.15, -0.1) is 11.6 Å². The van der Waals surface area contributed by atoms with Gasteiger partial charge >= 0.3 is 0 Å². The van der Waals surface area contributed by atoms with E-state index in [-0.39, 0.29) is 6.33 Å². The Morgan fingerprint density at radius 1 is 2.00 bits per heavy atom. The summed E-state index contributed by atoms with van der Waals surface area (Å²) in [6, 6.07) is 0. The van der Waals surface area contributed by atoms with Crippen molar-refractivity contribution in [3.05, 3.63) is 12.9 Å². The molecule has 0 aromatic rings. The molecule has 0 spiro atoms. The van der Waals surface area contributed by atoms with Crippen LogP contribution in [0.15, 0.2) is 12.9 Å². The largest absolute Gasteiger partial charge is 0.216 e. The third-order valence-electron chi connectivity index (χ3n) is 0. The SMILES string of the molecule is C=CF.CCCl. The van der Waals surface area contributed by atoms with Gasteiger partial charge in [-0.25, -0.2) is 4.39 Å². The molecule has 6 heavy (non-hydrogen) atoms. The van der Waals surface area contributed by atoms with Gasteiger partial charge < -0.3 is 0 Å². The first kappa shape index (κ1) is 9.35. The van der Waals surface area contributed by atoms with Crippen molar-refractivity contribution in [2.24, 2.45) is 0 Å². The van der Waals surface area contributed by atoms with Crippen LogP contribution in [0.5, 0.6) is 0 Å². The van der Waals surface area contributed by atoms with Crippen molar-refractivity contribution in [2.45, 2.75) is 6.92 Å². The van der Waals surface area contributed by atoms with Crippen LogP contribution in [0, 0.1) is 0 Å². The summed E-state index contributed by atoms with van der Waals surface area (Å²) in [5, 5.41) is 0. The van der Waals surface area contributed by atoms with E-state index < -0.39 is 0 Å². The van der Waals surface area contributed by atoms with Gasteiger partial charge in [0.1, 0.15) is 0 Å². The molecule has 0 aliphatic heterocycles. The maximum atomic E-state index is 10.1. The van der Waals surface area contributed by atoms with Gasteiger partial charge in [0, 0.05) is 5.88 Å². The zero-order chi connectivity index (χ0) is 5.41. The fraction of sp³-hybridized carbons (Fsp3) is 0.500. The van der Waals surface area contributed by atoms with Crippen molar-refractivity contribution in [1.82, 2.24) is 0 Å². The van der Waals surface area contributed by atoms with Crippen LogP contribution < -0.4 is 0 Å². The molecule has 0 saturated carbocycles. The van der Waals surface area contributed by atoms with E-state index >= 15 is 0 Å². The number of rotatable bonds is 0. The zero-order valence-corrected chi connectivity index (χ0v) is 4.50. The average Bonchev–Trinajstić information content (AvgIpc) is 1.39. The second-order valence-electron chi connectivity index (χ2n) is 0.422. The van der Waals surface area contributed by atoms with Gasteiger partial charge in [0.2, 0.25) is 0 Å². The van der Waals surface area contributed by atoms with E-state index in [1.807, 2.05) is 6.92 Å². The Bertz CT molecular complexity index is 21.5. The van der Waals surface area contributed by atoms with Crippen molar-refractivity contribution < 1.29 is 4.39 Å². The molecular formula is C4H8ClF. The second kappa shape index (κ2) is 20.2. The predicted molar refractivity (Wildman–Crippen MR) is 27.7 cm³/mol. The molecule has 0 rings (SSSR count). The van der Waals surface area contributed by atoms with E-state index in [2.05, 4.69) is 6.58 Å². The lowest BCUT2D eigenvalue weighted by Crippen LogP contribution is -1.36. The quantitative estimate of drug-likeness (QED) is 0.420. The Labute approximate surface area is 42.6 Å². The Morgan fingerprint density at radius 2 is 2.00 bits per heavy atom. The molecule has 0 aliphatic rings. The molecule has 0 aromatic carbocycles. The van der Waals surface area contributed by atoms with Crippen molar-refractivity contribution in [2.75, 3.05) is 5.88 Å². The summed E-state index contributed by atoms with van der Waals surface area (Å²) in [6.07, 6.45) is 0.250. The lowest BCUT2D eigenvalue weighted by Gasteiger charge is -1.45. The van der Waals surface area contributed by atoms with E-state index in [1.165, 1.54) is 0 Å². The standard InChI is InChI=1S/C2H5Cl.C2H3F/c2*1-2-3/h2H2,1H3;2H,1H2. The maximum Gasteiger partial charge on any atom is 0.0795 e. The third kappa shape index (κ3) is 21700. The molecule has 2 heteroatoms. The molecule has 0 aromatic heterocycles. The number of hydrogen-bond acceptors (Lipinski definition) is 0. The molecule has 0 saturated heterocycles. The minimum absolute atomic E-state index is 0.250. The van der Waals surface area contributed by atoms with Crippen LogP contribution in [0.4, 0.5) is 4.39 Å². The summed E-state index contributed by atoms with van der Waals surface area (Å²) < 4.78 is 10.1. The Kier molecular flexibility index (Phi) is 31.6. The molecule has 0 aliphatic carbocycles. The van der Waals surface area contributed by atoms with Crippen molar-refractivity contribution >= 4 is 11.6 Å². The second-order valence-corrected chi connectivity index (χ2v) is 0.956. The first-order valence-corrected chi connectivity index (χ1v) is 2.14. The van der Waals surface area contributed by atoms with E-state index in [1.54, 1.807) is 0 Å². The lowest BCUT2D eigenvalue weighted by molar-refractivity contribution is 0.725. The van der Waals surface area contributed by atoms with Crippen LogP contribution in [0.1, 0.15) is 6.92 Å². The van der Waals surface area contributed by atoms with Gasteiger partial charge in [0.05, 0.1) is 6.33 Å². The normalized spacial score (nSPS) is 5.17. The van der Waals surface area contributed by atoms with Crippen molar-refractivity contribution in [1.29, 1.82) is 0 Å². The van der Waals surface area contributed by atoms with Crippen LogP contribution in [0.25, 0.3) is 0 Å². The number of hydrogen-bond donors (Lipinski definition) is 0. The van der Waals surface area contributed by atoms with Crippen LogP contribution >= 0.6 is 11.6 Å². The molecule has 0 fully saturated rings. The summed E-state index contributed by atoms with van der Waals surface area (Å²) in [7, 11) is 0. The lowest BCUT2D eigenvalue weighted by atomic mass is 11.0. The van der Waals surface area contributed by atoms with E-state index in [9.17, 15) is 4.39 Å². The number of alkyl halides is 1. The van der Waals surface area contributed by atoms with Crippen LogP contribution in [0.3, 0.4) is 0 Å². The topological polar surface area (TPSA) is 0 Å².